The second kappa shape index (κ2) is 7.61. The Morgan fingerprint density at radius 3 is 2.96 bits per heavy atom. The van der Waals surface area contributed by atoms with Gasteiger partial charge in [-0.2, -0.15) is 11.3 Å². The molecule has 0 saturated heterocycles. The Balaban J connectivity index is 1.52. The first-order chi connectivity index (χ1) is 12.7. The van der Waals surface area contributed by atoms with Crippen molar-refractivity contribution in [2.24, 2.45) is 0 Å². The van der Waals surface area contributed by atoms with Crippen molar-refractivity contribution in [2.45, 2.75) is 10.6 Å². The van der Waals surface area contributed by atoms with Crippen LogP contribution in [-0.2, 0) is 5.75 Å². The summed E-state index contributed by atoms with van der Waals surface area (Å²) < 4.78 is 10.6. The molecule has 0 saturated carbocycles. The Kier molecular flexibility index (Phi) is 5.06. The van der Waals surface area contributed by atoms with E-state index in [1.807, 2.05) is 24.3 Å². The molecule has 1 amide bonds. The zero-order chi connectivity index (χ0) is 17.9. The molecule has 3 aromatic rings. The Morgan fingerprint density at radius 1 is 1.23 bits per heavy atom. The highest BCUT2D eigenvalue weighted by atomic mass is 35.5. The van der Waals surface area contributed by atoms with Crippen LogP contribution in [0.25, 0.3) is 0 Å². The Bertz CT molecular complexity index is 944. The molecular weight excluding hydrogens is 390 g/mol. The number of thioether (sulfide) groups is 1. The first kappa shape index (κ1) is 17.3. The van der Waals surface area contributed by atoms with Crippen LogP contribution in [0.4, 0.5) is 5.69 Å². The molecule has 2 aromatic carbocycles. The molecule has 26 heavy (non-hydrogen) atoms. The Labute approximate surface area is 164 Å². The van der Waals surface area contributed by atoms with Gasteiger partial charge < -0.3 is 14.8 Å². The van der Waals surface area contributed by atoms with Crippen molar-refractivity contribution in [3.8, 4) is 11.5 Å². The van der Waals surface area contributed by atoms with Gasteiger partial charge in [0.15, 0.2) is 11.5 Å². The summed E-state index contributed by atoms with van der Waals surface area (Å²) in [5.41, 5.74) is 2.46. The van der Waals surface area contributed by atoms with Gasteiger partial charge in [-0.1, -0.05) is 23.7 Å². The minimum absolute atomic E-state index is 0.113. The van der Waals surface area contributed by atoms with Gasteiger partial charge in [-0.25, -0.2) is 0 Å². The average Bonchev–Trinajstić information content (AvgIpc) is 3.32. The second-order valence-corrected chi connectivity index (χ2v) is 7.77. The van der Waals surface area contributed by atoms with Gasteiger partial charge in [0, 0.05) is 16.2 Å². The lowest BCUT2D eigenvalue weighted by Crippen LogP contribution is -2.12. The molecule has 132 valence electrons. The van der Waals surface area contributed by atoms with E-state index in [1.54, 1.807) is 35.2 Å². The highest BCUT2D eigenvalue weighted by Crippen LogP contribution is 2.40. The molecule has 0 radical (unpaired) electrons. The molecular formula is C19H14ClNO3S2. The van der Waals surface area contributed by atoms with E-state index in [0.29, 0.717) is 22.1 Å². The number of ether oxygens (including phenoxy) is 2. The van der Waals surface area contributed by atoms with E-state index in [9.17, 15) is 4.79 Å². The van der Waals surface area contributed by atoms with Gasteiger partial charge in [-0.05, 0) is 46.7 Å². The van der Waals surface area contributed by atoms with E-state index in [0.717, 1.165) is 16.3 Å². The quantitative estimate of drug-likeness (QED) is 0.557. The van der Waals surface area contributed by atoms with E-state index < -0.39 is 0 Å². The Morgan fingerprint density at radius 2 is 2.12 bits per heavy atom. The fourth-order valence-electron chi connectivity index (χ4n) is 2.52. The second-order valence-electron chi connectivity index (χ2n) is 5.56. The minimum atomic E-state index is -0.242. The summed E-state index contributed by atoms with van der Waals surface area (Å²) in [7, 11) is 0. The normalized spacial score (nSPS) is 12.2. The lowest BCUT2D eigenvalue weighted by molar-refractivity contribution is 0.102. The lowest BCUT2D eigenvalue weighted by Gasteiger charge is -2.11. The summed E-state index contributed by atoms with van der Waals surface area (Å²) in [6.45, 7) is 0.113. The van der Waals surface area contributed by atoms with Crippen molar-refractivity contribution in [1.82, 2.24) is 0 Å². The predicted octanol–water partition coefficient (Wildman–Crippen LogP) is 5.67. The molecule has 4 rings (SSSR count). The van der Waals surface area contributed by atoms with Gasteiger partial charge in [-0.3, -0.25) is 4.79 Å². The molecule has 2 heterocycles. The highest BCUT2D eigenvalue weighted by Gasteiger charge is 2.21. The maximum atomic E-state index is 12.7. The van der Waals surface area contributed by atoms with Crippen LogP contribution >= 0.6 is 34.7 Å². The number of nitrogens with one attached hydrogen (secondary N) is 1. The molecule has 1 N–H and O–H groups in total. The minimum Gasteiger partial charge on any atom is -0.454 e. The van der Waals surface area contributed by atoms with Crippen LogP contribution in [0, 0.1) is 0 Å². The van der Waals surface area contributed by atoms with Crippen molar-refractivity contribution in [3.63, 3.8) is 0 Å². The topological polar surface area (TPSA) is 47.6 Å². The first-order valence-electron chi connectivity index (χ1n) is 7.84. The van der Waals surface area contributed by atoms with Gasteiger partial charge in [0.25, 0.3) is 5.91 Å². The van der Waals surface area contributed by atoms with Crippen LogP contribution in [-0.4, -0.2) is 12.7 Å². The number of hydrogen-bond acceptors (Lipinski definition) is 5. The molecule has 1 aliphatic rings. The van der Waals surface area contributed by atoms with Crippen molar-refractivity contribution in [1.29, 1.82) is 0 Å². The van der Waals surface area contributed by atoms with Crippen LogP contribution in [0.5, 0.6) is 11.5 Å². The summed E-state index contributed by atoms with van der Waals surface area (Å²) in [4.78, 5) is 13.7. The van der Waals surface area contributed by atoms with E-state index >= 15 is 0 Å². The van der Waals surface area contributed by atoms with Crippen LogP contribution in [0.3, 0.4) is 0 Å². The van der Waals surface area contributed by atoms with Crippen LogP contribution in [0.2, 0.25) is 5.02 Å². The zero-order valence-corrected chi connectivity index (χ0v) is 15.9. The average molecular weight is 404 g/mol. The third kappa shape index (κ3) is 3.67. The van der Waals surface area contributed by atoms with Crippen molar-refractivity contribution in [3.05, 3.63) is 69.4 Å². The lowest BCUT2D eigenvalue weighted by atomic mass is 10.2. The van der Waals surface area contributed by atoms with Gasteiger partial charge in [-0.15, -0.1) is 11.8 Å². The maximum Gasteiger partial charge on any atom is 0.255 e. The third-order valence-electron chi connectivity index (χ3n) is 3.80. The molecule has 1 aliphatic heterocycles. The van der Waals surface area contributed by atoms with Crippen molar-refractivity contribution < 1.29 is 14.3 Å². The highest BCUT2D eigenvalue weighted by molar-refractivity contribution is 7.98. The van der Waals surface area contributed by atoms with Crippen molar-refractivity contribution in [2.75, 3.05) is 12.1 Å². The molecule has 0 unspecified atom stereocenters. The zero-order valence-electron chi connectivity index (χ0n) is 13.5. The number of halogens is 1. The van der Waals surface area contributed by atoms with Gasteiger partial charge >= 0.3 is 0 Å². The number of fused-ring (bicyclic) bond motifs is 1. The molecule has 0 bridgehead atoms. The summed E-state index contributed by atoms with van der Waals surface area (Å²) in [5.74, 6) is 1.58. The summed E-state index contributed by atoms with van der Waals surface area (Å²) in [6, 6.07) is 13.1. The number of anilines is 1. The predicted molar refractivity (Wildman–Crippen MR) is 106 cm³/mol. The smallest absolute Gasteiger partial charge is 0.255 e. The molecule has 1 aromatic heterocycles. The van der Waals surface area contributed by atoms with Crippen molar-refractivity contribution >= 4 is 46.3 Å². The van der Waals surface area contributed by atoms with E-state index in [-0.39, 0.29) is 12.7 Å². The number of carbonyl (C=O) groups excluding carboxylic acids is 1. The third-order valence-corrected chi connectivity index (χ3v) is 5.96. The van der Waals surface area contributed by atoms with Gasteiger partial charge in [0.1, 0.15) is 0 Å². The van der Waals surface area contributed by atoms with Gasteiger partial charge in [0.2, 0.25) is 6.79 Å². The summed E-state index contributed by atoms with van der Waals surface area (Å²) >= 11 is 9.54. The number of benzene rings is 2. The number of hydrogen-bond donors (Lipinski definition) is 1. The Hall–Kier alpha value is -2.15. The number of para-hydroxylation sites is 1. The van der Waals surface area contributed by atoms with E-state index in [1.165, 1.54) is 5.56 Å². The molecule has 7 heteroatoms. The fraction of sp³-hybridized carbons (Fsp3) is 0.105. The maximum absolute atomic E-state index is 12.7. The number of rotatable bonds is 5. The molecule has 4 nitrogen and oxygen atoms in total. The monoisotopic (exact) mass is 403 g/mol. The standard InChI is InChI=1S/C19H14ClNO3S2/c20-14-7-13(8-16-18(14)24-11-23-16)19(22)21-15-3-1-2-4-17(15)26-10-12-5-6-25-9-12/h1-9H,10-11H2,(H,21,22). The SMILES string of the molecule is O=C(Nc1ccccc1SCc1ccsc1)c1cc(Cl)c2c(c1)OCO2. The number of thiophene rings is 1. The molecule has 0 atom stereocenters. The molecule has 0 spiro atoms. The number of carbonyl (C=O) groups is 1. The molecule has 0 fully saturated rings. The number of amides is 1. The first-order valence-corrected chi connectivity index (χ1v) is 10.1. The summed E-state index contributed by atoms with van der Waals surface area (Å²) in [5, 5.41) is 7.52. The molecule has 0 aliphatic carbocycles. The largest absolute Gasteiger partial charge is 0.454 e. The van der Waals surface area contributed by atoms with Crippen LogP contribution < -0.4 is 14.8 Å². The van der Waals surface area contributed by atoms with E-state index in [2.05, 4.69) is 22.1 Å². The van der Waals surface area contributed by atoms with Crippen LogP contribution in [0.1, 0.15) is 15.9 Å². The van der Waals surface area contributed by atoms with Crippen LogP contribution in [0.15, 0.2) is 58.1 Å². The van der Waals surface area contributed by atoms with E-state index in [4.69, 9.17) is 21.1 Å². The fourth-order valence-corrected chi connectivity index (χ4v) is 4.52. The van der Waals surface area contributed by atoms with Gasteiger partial charge in [0.05, 0.1) is 10.7 Å². The summed E-state index contributed by atoms with van der Waals surface area (Å²) in [6.07, 6.45) is 0.